The number of halogens is 1. The molecule has 0 unspecified atom stereocenters. The van der Waals surface area contributed by atoms with Crippen molar-refractivity contribution < 1.29 is 4.74 Å². The summed E-state index contributed by atoms with van der Waals surface area (Å²) in [5.41, 5.74) is 0.732. The maximum Gasteiger partial charge on any atom is 0.163 e. The van der Waals surface area contributed by atoms with Crippen molar-refractivity contribution in [1.82, 2.24) is 19.5 Å². The molecule has 0 saturated carbocycles. The first kappa shape index (κ1) is 16.5. The van der Waals surface area contributed by atoms with E-state index in [0.717, 1.165) is 21.9 Å². The van der Waals surface area contributed by atoms with Crippen LogP contribution in [0.2, 0.25) is 0 Å². The zero-order valence-corrected chi connectivity index (χ0v) is 14.8. The number of aromatic nitrogens is 4. The van der Waals surface area contributed by atoms with Gasteiger partial charge < -0.3 is 4.74 Å². The van der Waals surface area contributed by atoms with Gasteiger partial charge in [0.1, 0.15) is 17.0 Å². The topological polar surface area (TPSA) is 52.8 Å². The van der Waals surface area contributed by atoms with Crippen LogP contribution in [0, 0.1) is 0 Å². The summed E-state index contributed by atoms with van der Waals surface area (Å²) in [4.78, 5) is 12.7. The van der Waals surface area contributed by atoms with Crippen molar-refractivity contribution in [2.45, 2.75) is 32.2 Å². The van der Waals surface area contributed by atoms with Gasteiger partial charge in [0.2, 0.25) is 0 Å². The Morgan fingerprint density at radius 3 is 2.71 bits per heavy atom. The van der Waals surface area contributed by atoms with Crippen LogP contribution < -0.4 is 0 Å². The van der Waals surface area contributed by atoms with E-state index in [0.29, 0.717) is 13.3 Å². The summed E-state index contributed by atoms with van der Waals surface area (Å²) in [5, 5.41) is 0. The Morgan fingerprint density at radius 2 is 2.05 bits per heavy atom. The molecule has 0 N–H and O–H groups in total. The molecule has 2 aromatic heterocycles. The molecule has 2 rings (SSSR count). The predicted molar refractivity (Wildman–Crippen MR) is 89.1 cm³/mol. The van der Waals surface area contributed by atoms with Crippen LogP contribution in [0.1, 0.15) is 20.8 Å². The van der Waals surface area contributed by atoms with Crippen LogP contribution >= 0.6 is 27.7 Å². The van der Waals surface area contributed by atoms with Crippen LogP contribution in [0.25, 0.3) is 11.5 Å². The van der Waals surface area contributed by atoms with Crippen LogP contribution in [0.4, 0.5) is 0 Å². The molecule has 0 aliphatic heterocycles. The Hall–Kier alpha value is -0.920. The van der Waals surface area contributed by atoms with E-state index in [9.17, 15) is 0 Å². The summed E-state index contributed by atoms with van der Waals surface area (Å²) >= 11 is 5.37. The molecule has 7 heteroatoms. The van der Waals surface area contributed by atoms with Gasteiger partial charge in [-0.25, -0.2) is 9.97 Å². The van der Waals surface area contributed by atoms with E-state index in [2.05, 4.69) is 51.7 Å². The molecular formula is C14H19BrN4OS. The van der Waals surface area contributed by atoms with E-state index >= 15 is 0 Å². The molecule has 0 aliphatic carbocycles. The average Bonchev–Trinajstić information content (AvgIpc) is 2.80. The van der Waals surface area contributed by atoms with Crippen molar-refractivity contribution in [2.24, 2.45) is 0 Å². The normalized spacial score (nSPS) is 11.8. The molecule has 0 amide bonds. The van der Waals surface area contributed by atoms with Gasteiger partial charge in [0.15, 0.2) is 5.82 Å². The van der Waals surface area contributed by atoms with Crippen LogP contribution in [0.5, 0.6) is 0 Å². The molecule has 0 aliphatic rings. The first-order valence-electron chi connectivity index (χ1n) is 6.66. The van der Waals surface area contributed by atoms with Crippen LogP contribution in [0.3, 0.4) is 0 Å². The second kappa shape index (κ2) is 7.38. The third-order valence-electron chi connectivity index (χ3n) is 2.58. The minimum atomic E-state index is 0.268. The summed E-state index contributed by atoms with van der Waals surface area (Å²) in [6, 6.07) is 0. The van der Waals surface area contributed by atoms with Crippen molar-refractivity contribution in [3.8, 4) is 11.5 Å². The third-order valence-corrected chi connectivity index (χ3v) is 4.45. The molecule has 2 heterocycles. The smallest absolute Gasteiger partial charge is 0.163 e. The van der Waals surface area contributed by atoms with Gasteiger partial charge in [-0.3, -0.25) is 9.55 Å². The van der Waals surface area contributed by atoms with Gasteiger partial charge in [0.25, 0.3) is 0 Å². The lowest BCUT2D eigenvalue weighted by Gasteiger charge is -2.17. The number of hydrogen-bond acceptors (Lipinski definition) is 5. The molecule has 5 nitrogen and oxygen atoms in total. The maximum absolute atomic E-state index is 5.74. The Kier molecular flexibility index (Phi) is 5.78. The summed E-state index contributed by atoms with van der Waals surface area (Å²) < 4.78 is 8.81. The summed E-state index contributed by atoms with van der Waals surface area (Å²) in [6.45, 7) is 7.76. The lowest BCUT2D eigenvalue weighted by Crippen LogP contribution is -2.12. The minimum Gasteiger partial charge on any atom is -0.360 e. The fourth-order valence-corrected chi connectivity index (χ4v) is 2.85. The molecule has 0 fully saturated rings. The SMILES string of the molecule is CC(C)(C)SCCOCn1c(Br)cnc1-c1cnccn1. The second-order valence-electron chi connectivity index (χ2n) is 5.42. The van der Waals surface area contributed by atoms with Crippen molar-refractivity contribution in [3.63, 3.8) is 0 Å². The monoisotopic (exact) mass is 370 g/mol. The fourth-order valence-electron chi connectivity index (χ4n) is 1.66. The summed E-state index contributed by atoms with van der Waals surface area (Å²) in [7, 11) is 0. The number of ether oxygens (including phenoxy) is 1. The largest absolute Gasteiger partial charge is 0.360 e. The highest BCUT2D eigenvalue weighted by atomic mass is 79.9. The summed E-state index contributed by atoms with van der Waals surface area (Å²) in [5.74, 6) is 1.72. The van der Waals surface area contributed by atoms with Gasteiger partial charge in [-0.05, 0) is 15.9 Å². The third kappa shape index (κ3) is 5.09. The Morgan fingerprint density at radius 1 is 1.24 bits per heavy atom. The predicted octanol–water partition coefficient (Wildman–Crippen LogP) is 3.61. The van der Waals surface area contributed by atoms with E-state index in [4.69, 9.17) is 4.74 Å². The fraction of sp³-hybridized carbons (Fsp3) is 0.500. The number of thioether (sulfide) groups is 1. The van der Waals surface area contributed by atoms with Crippen LogP contribution in [-0.2, 0) is 11.5 Å². The highest BCUT2D eigenvalue weighted by Crippen LogP contribution is 2.23. The first-order valence-corrected chi connectivity index (χ1v) is 8.44. The van der Waals surface area contributed by atoms with E-state index in [1.165, 1.54) is 0 Å². The molecule has 0 bridgehead atoms. The minimum absolute atomic E-state index is 0.268. The lowest BCUT2D eigenvalue weighted by molar-refractivity contribution is 0.0894. The van der Waals surface area contributed by atoms with Crippen molar-refractivity contribution in [2.75, 3.05) is 12.4 Å². The lowest BCUT2D eigenvalue weighted by atomic mass is 10.3. The van der Waals surface area contributed by atoms with Gasteiger partial charge >= 0.3 is 0 Å². The highest BCUT2D eigenvalue weighted by molar-refractivity contribution is 9.10. The van der Waals surface area contributed by atoms with E-state index < -0.39 is 0 Å². The molecular weight excluding hydrogens is 352 g/mol. The summed E-state index contributed by atoms with van der Waals surface area (Å²) in [6.07, 6.45) is 6.74. The van der Waals surface area contributed by atoms with Crippen molar-refractivity contribution >= 4 is 27.7 Å². The molecule has 0 aromatic carbocycles. The van der Waals surface area contributed by atoms with Crippen LogP contribution in [-0.4, -0.2) is 36.6 Å². The van der Waals surface area contributed by atoms with Gasteiger partial charge in [-0.2, -0.15) is 11.8 Å². The molecule has 2 aromatic rings. The number of hydrogen-bond donors (Lipinski definition) is 0. The Labute approximate surface area is 137 Å². The van der Waals surface area contributed by atoms with Crippen LogP contribution in [0.15, 0.2) is 29.4 Å². The van der Waals surface area contributed by atoms with Gasteiger partial charge in [-0.15, -0.1) is 0 Å². The van der Waals surface area contributed by atoms with Gasteiger partial charge in [0, 0.05) is 22.9 Å². The number of rotatable bonds is 6. The maximum atomic E-state index is 5.74. The van der Waals surface area contributed by atoms with E-state index in [-0.39, 0.29) is 4.75 Å². The molecule has 0 radical (unpaired) electrons. The highest BCUT2D eigenvalue weighted by Gasteiger charge is 2.12. The molecule has 21 heavy (non-hydrogen) atoms. The first-order chi connectivity index (χ1) is 9.97. The molecule has 0 atom stereocenters. The Bertz CT molecular complexity index is 568. The molecule has 0 spiro atoms. The van der Waals surface area contributed by atoms with Crippen molar-refractivity contribution in [1.29, 1.82) is 0 Å². The average molecular weight is 371 g/mol. The zero-order valence-electron chi connectivity index (χ0n) is 12.4. The van der Waals surface area contributed by atoms with Crippen molar-refractivity contribution in [3.05, 3.63) is 29.4 Å². The second-order valence-corrected chi connectivity index (χ2v) is 8.16. The Balaban J connectivity index is 1.93. The molecule has 114 valence electrons. The molecule has 0 saturated heterocycles. The van der Waals surface area contributed by atoms with E-state index in [1.807, 2.05) is 16.3 Å². The number of imidazole rings is 1. The van der Waals surface area contributed by atoms with Gasteiger partial charge in [0.05, 0.1) is 19.0 Å². The van der Waals surface area contributed by atoms with Gasteiger partial charge in [-0.1, -0.05) is 20.8 Å². The number of nitrogens with zero attached hydrogens (tertiary/aromatic N) is 4. The quantitative estimate of drug-likeness (QED) is 0.726. The van der Waals surface area contributed by atoms with E-state index in [1.54, 1.807) is 24.8 Å². The standard InChI is InChI=1S/C14H19BrN4OS/c1-14(2,3)21-7-6-20-10-19-12(15)9-18-13(19)11-8-16-4-5-17-11/h4-5,8-9H,6-7,10H2,1-3H3. The zero-order chi connectivity index (χ0) is 15.3.